The number of benzene rings is 2. The molecule has 0 aliphatic rings. The van der Waals surface area contributed by atoms with E-state index < -0.39 is 10.0 Å². The summed E-state index contributed by atoms with van der Waals surface area (Å²) in [5, 5.41) is 0. The largest absolute Gasteiger partial charge is 0.441 e. The Balaban J connectivity index is 1.95. The highest BCUT2D eigenvalue weighted by atomic mass is 32.2. The molecular formula is C16H14N2O4S. The molecule has 7 heteroatoms. The number of nitrogens with zero attached hydrogens (tertiary/aromatic N) is 1. The number of rotatable bonds is 4. The maximum atomic E-state index is 12.5. The lowest BCUT2D eigenvalue weighted by molar-refractivity contribution is 0.101. The van der Waals surface area contributed by atoms with Gasteiger partial charge in [0.15, 0.2) is 17.3 Å². The summed E-state index contributed by atoms with van der Waals surface area (Å²) < 4.78 is 32.7. The molecule has 0 amide bonds. The van der Waals surface area contributed by atoms with Gasteiger partial charge >= 0.3 is 0 Å². The third-order valence-electron chi connectivity index (χ3n) is 3.30. The molecule has 3 aromatic rings. The summed E-state index contributed by atoms with van der Waals surface area (Å²) in [6, 6.07) is 10.7. The number of carbonyl (C=O) groups is 1. The molecular weight excluding hydrogens is 316 g/mol. The Kier molecular flexibility index (Phi) is 3.65. The van der Waals surface area contributed by atoms with E-state index >= 15 is 0 Å². The van der Waals surface area contributed by atoms with Crippen LogP contribution in [0, 0.1) is 6.92 Å². The lowest BCUT2D eigenvalue weighted by atomic mass is 10.2. The zero-order chi connectivity index (χ0) is 16.6. The first kappa shape index (κ1) is 15.2. The summed E-state index contributed by atoms with van der Waals surface area (Å²) in [6.45, 7) is 3.11. The second-order valence-electron chi connectivity index (χ2n) is 5.10. The molecule has 0 saturated carbocycles. The van der Waals surface area contributed by atoms with Gasteiger partial charge in [-0.15, -0.1) is 0 Å². The Labute approximate surface area is 133 Å². The van der Waals surface area contributed by atoms with Gasteiger partial charge in [-0.1, -0.05) is 12.1 Å². The molecule has 0 atom stereocenters. The highest BCUT2D eigenvalue weighted by Gasteiger charge is 2.16. The van der Waals surface area contributed by atoms with Crippen molar-refractivity contribution in [2.45, 2.75) is 18.7 Å². The molecule has 1 aromatic heterocycles. The molecule has 0 saturated heterocycles. The molecule has 2 aromatic carbocycles. The van der Waals surface area contributed by atoms with Gasteiger partial charge in [-0.25, -0.2) is 13.4 Å². The summed E-state index contributed by atoms with van der Waals surface area (Å²) >= 11 is 0. The lowest BCUT2D eigenvalue weighted by Gasteiger charge is -2.08. The van der Waals surface area contributed by atoms with Crippen LogP contribution in [-0.2, 0) is 10.0 Å². The number of hydrogen-bond acceptors (Lipinski definition) is 5. The summed E-state index contributed by atoms with van der Waals surface area (Å²) in [4.78, 5) is 15.6. The molecule has 0 radical (unpaired) electrons. The van der Waals surface area contributed by atoms with Crippen molar-refractivity contribution < 1.29 is 17.6 Å². The van der Waals surface area contributed by atoms with Gasteiger partial charge in [0, 0.05) is 12.5 Å². The van der Waals surface area contributed by atoms with Crippen LogP contribution in [0.15, 0.2) is 51.8 Å². The van der Waals surface area contributed by atoms with Crippen molar-refractivity contribution >= 4 is 32.6 Å². The third-order valence-corrected chi connectivity index (χ3v) is 4.68. The monoisotopic (exact) mass is 330 g/mol. The fourth-order valence-corrected chi connectivity index (χ4v) is 3.30. The van der Waals surface area contributed by atoms with Gasteiger partial charge in [0.25, 0.3) is 10.0 Å². The Morgan fingerprint density at radius 1 is 1.17 bits per heavy atom. The van der Waals surface area contributed by atoms with Crippen LogP contribution >= 0.6 is 0 Å². The fourth-order valence-electron chi connectivity index (χ4n) is 2.20. The molecule has 6 nitrogen and oxygen atoms in total. The molecule has 0 aliphatic heterocycles. The lowest BCUT2D eigenvalue weighted by Crippen LogP contribution is -2.13. The molecule has 1 N–H and O–H groups in total. The number of hydrogen-bond donors (Lipinski definition) is 1. The first-order valence-electron chi connectivity index (χ1n) is 6.86. The van der Waals surface area contributed by atoms with Gasteiger partial charge in [0.05, 0.1) is 10.6 Å². The standard InChI is InChI=1S/C16H14N2O4S/c1-10(19)12-4-3-5-14(8-12)23(20,21)18-13-6-7-16-15(9-13)17-11(2)22-16/h3-9,18H,1-2H3. The van der Waals surface area contributed by atoms with E-state index in [0.717, 1.165) is 0 Å². The van der Waals surface area contributed by atoms with E-state index in [0.29, 0.717) is 28.2 Å². The van der Waals surface area contributed by atoms with E-state index in [1.54, 1.807) is 31.2 Å². The molecule has 0 spiro atoms. The van der Waals surface area contributed by atoms with Crippen molar-refractivity contribution in [1.82, 2.24) is 4.98 Å². The molecule has 3 rings (SSSR count). The van der Waals surface area contributed by atoms with Gasteiger partial charge in [-0.05, 0) is 37.3 Å². The van der Waals surface area contributed by atoms with Crippen molar-refractivity contribution in [2.75, 3.05) is 4.72 Å². The average Bonchev–Trinajstić information content (AvgIpc) is 2.86. The van der Waals surface area contributed by atoms with E-state index in [-0.39, 0.29) is 10.7 Å². The van der Waals surface area contributed by atoms with Crippen LogP contribution in [0.5, 0.6) is 0 Å². The molecule has 118 valence electrons. The quantitative estimate of drug-likeness (QED) is 0.742. The van der Waals surface area contributed by atoms with Gasteiger partial charge in [-0.2, -0.15) is 0 Å². The normalized spacial score (nSPS) is 11.6. The summed E-state index contributed by atoms with van der Waals surface area (Å²) in [7, 11) is -3.79. The van der Waals surface area contributed by atoms with Gasteiger partial charge in [-0.3, -0.25) is 9.52 Å². The molecule has 0 bridgehead atoms. The number of ketones is 1. The highest BCUT2D eigenvalue weighted by Crippen LogP contribution is 2.22. The summed E-state index contributed by atoms with van der Waals surface area (Å²) in [5.41, 5.74) is 1.87. The molecule has 0 aliphatic carbocycles. The Morgan fingerprint density at radius 2 is 1.96 bits per heavy atom. The maximum absolute atomic E-state index is 12.5. The number of nitrogens with one attached hydrogen (secondary N) is 1. The maximum Gasteiger partial charge on any atom is 0.261 e. The van der Waals surface area contributed by atoms with E-state index in [1.807, 2.05) is 0 Å². The van der Waals surface area contributed by atoms with E-state index in [1.165, 1.54) is 25.1 Å². The van der Waals surface area contributed by atoms with Crippen LogP contribution in [0.2, 0.25) is 0 Å². The second-order valence-corrected chi connectivity index (χ2v) is 6.79. The molecule has 0 unspecified atom stereocenters. The molecule has 23 heavy (non-hydrogen) atoms. The van der Waals surface area contributed by atoms with Gasteiger partial charge in [0.2, 0.25) is 0 Å². The Hall–Kier alpha value is -2.67. The minimum absolute atomic E-state index is 0.0293. The minimum Gasteiger partial charge on any atom is -0.441 e. The topological polar surface area (TPSA) is 89.3 Å². The van der Waals surface area contributed by atoms with Crippen LogP contribution in [0.4, 0.5) is 5.69 Å². The van der Waals surface area contributed by atoms with Gasteiger partial charge < -0.3 is 4.42 Å². The third kappa shape index (κ3) is 3.09. The summed E-state index contributed by atoms with van der Waals surface area (Å²) in [6.07, 6.45) is 0. The van der Waals surface area contributed by atoms with Crippen molar-refractivity contribution in [3.63, 3.8) is 0 Å². The first-order chi connectivity index (χ1) is 10.8. The van der Waals surface area contributed by atoms with Crippen LogP contribution in [0.3, 0.4) is 0 Å². The van der Waals surface area contributed by atoms with E-state index in [4.69, 9.17) is 4.42 Å². The zero-order valence-electron chi connectivity index (χ0n) is 12.5. The second kappa shape index (κ2) is 5.51. The molecule has 0 fully saturated rings. The number of sulfonamides is 1. The fraction of sp³-hybridized carbons (Fsp3) is 0.125. The zero-order valence-corrected chi connectivity index (χ0v) is 13.3. The smallest absolute Gasteiger partial charge is 0.261 e. The van der Waals surface area contributed by atoms with E-state index in [9.17, 15) is 13.2 Å². The average molecular weight is 330 g/mol. The SMILES string of the molecule is CC(=O)c1cccc(S(=O)(=O)Nc2ccc3oc(C)nc3c2)c1. The van der Waals surface area contributed by atoms with E-state index in [2.05, 4.69) is 9.71 Å². The summed E-state index contributed by atoms with van der Waals surface area (Å²) in [5.74, 6) is 0.315. The number of fused-ring (bicyclic) bond motifs is 1. The number of oxazole rings is 1. The van der Waals surface area contributed by atoms with Crippen molar-refractivity contribution in [3.8, 4) is 0 Å². The first-order valence-corrected chi connectivity index (χ1v) is 8.34. The van der Waals surface area contributed by atoms with Crippen LogP contribution in [-0.4, -0.2) is 19.2 Å². The van der Waals surface area contributed by atoms with Gasteiger partial charge in [0.1, 0.15) is 5.52 Å². The Morgan fingerprint density at radius 3 is 2.70 bits per heavy atom. The highest BCUT2D eigenvalue weighted by molar-refractivity contribution is 7.92. The minimum atomic E-state index is -3.79. The number of anilines is 1. The molecule has 1 heterocycles. The van der Waals surface area contributed by atoms with Crippen molar-refractivity contribution in [2.24, 2.45) is 0 Å². The predicted octanol–water partition coefficient (Wildman–Crippen LogP) is 3.14. The number of aromatic nitrogens is 1. The van der Waals surface area contributed by atoms with Crippen LogP contribution < -0.4 is 4.72 Å². The van der Waals surface area contributed by atoms with Crippen LogP contribution in [0.1, 0.15) is 23.2 Å². The van der Waals surface area contributed by atoms with Crippen LogP contribution in [0.25, 0.3) is 11.1 Å². The Bertz CT molecular complexity index is 1010. The number of aryl methyl sites for hydroxylation is 1. The predicted molar refractivity (Wildman–Crippen MR) is 86.0 cm³/mol. The van der Waals surface area contributed by atoms with Crippen molar-refractivity contribution in [1.29, 1.82) is 0 Å². The number of carbonyl (C=O) groups excluding carboxylic acids is 1. The number of Topliss-reactive ketones (excluding diaryl/α,β-unsaturated/α-hetero) is 1. The van der Waals surface area contributed by atoms with Crippen molar-refractivity contribution in [3.05, 3.63) is 53.9 Å².